The molecular weight excluding hydrogens is 326 g/mol. The van der Waals surface area contributed by atoms with E-state index in [1.54, 1.807) is 0 Å². The van der Waals surface area contributed by atoms with Crippen molar-refractivity contribution >= 4 is 23.2 Å². The Bertz CT molecular complexity index is 517. The van der Waals surface area contributed by atoms with Crippen molar-refractivity contribution in [2.45, 2.75) is 26.4 Å². The summed E-state index contributed by atoms with van der Waals surface area (Å²) in [5, 5.41) is 3.72. The van der Waals surface area contributed by atoms with E-state index in [0.29, 0.717) is 19.7 Å². The lowest BCUT2D eigenvalue weighted by molar-refractivity contribution is -0.122. The van der Waals surface area contributed by atoms with Crippen molar-refractivity contribution in [3.63, 3.8) is 0 Å². The van der Waals surface area contributed by atoms with E-state index < -0.39 is 0 Å². The molecule has 1 aromatic rings. The maximum atomic E-state index is 12.0. The largest absolute Gasteiger partial charge is 0.379 e. The molecule has 0 spiro atoms. The first kappa shape index (κ1) is 19.0. The molecule has 0 atom stereocenters. The molecule has 0 aromatic heterocycles. The number of amides is 1. The monoisotopic (exact) mass is 353 g/mol. The Kier molecular flexibility index (Phi) is 7.82. The van der Waals surface area contributed by atoms with Crippen molar-refractivity contribution in [3.05, 3.63) is 29.3 Å². The SMILES string of the molecule is CC(C)OCCCNC(=O)CN1CCN(c2cccc(Cl)c2)CC1. The van der Waals surface area contributed by atoms with E-state index in [-0.39, 0.29) is 12.0 Å². The highest BCUT2D eigenvalue weighted by molar-refractivity contribution is 6.30. The van der Waals surface area contributed by atoms with E-state index in [4.69, 9.17) is 16.3 Å². The van der Waals surface area contributed by atoms with Crippen molar-refractivity contribution in [2.24, 2.45) is 0 Å². The summed E-state index contributed by atoms with van der Waals surface area (Å²) in [7, 11) is 0. The normalized spacial score (nSPS) is 15.8. The molecule has 0 unspecified atom stereocenters. The molecule has 1 heterocycles. The van der Waals surface area contributed by atoms with Gasteiger partial charge in [-0.25, -0.2) is 0 Å². The van der Waals surface area contributed by atoms with Crippen LogP contribution < -0.4 is 10.2 Å². The summed E-state index contributed by atoms with van der Waals surface area (Å²) in [4.78, 5) is 16.5. The highest BCUT2D eigenvalue weighted by atomic mass is 35.5. The lowest BCUT2D eigenvalue weighted by Gasteiger charge is -2.35. The maximum Gasteiger partial charge on any atom is 0.234 e. The molecule has 5 nitrogen and oxygen atoms in total. The van der Waals surface area contributed by atoms with Gasteiger partial charge in [-0.15, -0.1) is 0 Å². The Morgan fingerprint density at radius 1 is 1.29 bits per heavy atom. The van der Waals surface area contributed by atoms with Gasteiger partial charge in [-0.2, -0.15) is 0 Å². The summed E-state index contributed by atoms with van der Waals surface area (Å²) in [6, 6.07) is 7.93. The number of halogens is 1. The number of carbonyl (C=O) groups is 1. The number of rotatable bonds is 8. The van der Waals surface area contributed by atoms with E-state index in [0.717, 1.165) is 43.3 Å². The summed E-state index contributed by atoms with van der Waals surface area (Å²) < 4.78 is 5.46. The summed E-state index contributed by atoms with van der Waals surface area (Å²) in [5.41, 5.74) is 1.15. The standard InChI is InChI=1S/C18H28ClN3O2/c1-15(2)24-12-4-7-20-18(23)14-21-8-10-22(11-9-21)17-6-3-5-16(19)13-17/h3,5-6,13,15H,4,7-12,14H2,1-2H3,(H,20,23). The van der Waals surface area contributed by atoms with E-state index >= 15 is 0 Å². The molecule has 0 aliphatic carbocycles. The van der Waals surface area contributed by atoms with E-state index in [9.17, 15) is 4.79 Å². The fraction of sp³-hybridized carbons (Fsp3) is 0.611. The van der Waals surface area contributed by atoms with Gasteiger partial charge in [-0.3, -0.25) is 9.69 Å². The molecule has 134 valence electrons. The van der Waals surface area contributed by atoms with Crippen molar-refractivity contribution in [3.8, 4) is 0 Å². The number of hydrogen-bond donors (Lipinski definition) is 1. The summed E-state index contributed by atoms with van der Waals surface area (Å²) >= 11 is 6.05. The highest BCUT2D eigenvalue weighted by Crippen LogP contribution is 2.20. The molecule has 0 bridgehead atoms. The number of carbonyl (C=O) groups excluding carboxylic acids is 1. The van der Waals surface area contributed by atoms with Crippen molar-refractivity contribution in [2.75, 3.05) is 50.8 Å². The summed E-state index contributed by atoms with van der Waals surface area (Å²) in [6.45, 7) is 9.46. The molecule has 2 rings (SSSR count). The fourth-order valence-electron chi connectivity index (χ4n) is 2.72. The number of nitrogens with one attached hydrogen (secondary N) is 1. The molecule has 1 aliphatic heterocycles. The van der Waals surface area contributed by atoms with Gasteiger partial charge in [0, 0.05) is 50.0 Å². The van der Waals surface area contributed by atoms with Crippen LogP contribution in [0.1, 0.15) is 20.3 Å². The quantitative estimate of drug-likeness (QED) is 0.729. The van der Waals surface area contributed by atoms with Gasteiger partial charge in [0.1, 0.15) is 0 Å². The Labute approximate surface area is 149 Å². The van der Waals surface area contributed by atoms with Crippen LogP contribution in [-0.2, 0) is 9.53 Å². The first-order chi connectivity index (χ1) is 11.5. The van der Waals surface area contributed by atoms with Crippen LogP contribution in [0.25, 0.3) is 0 Å². The van der Waals surface area contributed by atoms with Gasteiger partial charge >= 0.3 is 0 Å². The zero-order chi connectivity index (χ0) is 17.4. The lowest BCUT2D eigenvalue weighted by Crippen LogP contribution is -2.49. The number of piperazine rings is 1. The molecule has 0 saturated carbocycles. The predicted octanol–water partition coefficient (Wildman–Crippen LogP) is 2.39. The van der Waals surface area contributed by atoms with E-state index in [2.05, 4.69) is 21.2 Å². The van der Waals surface area contributed by atoms with Gasteiger partial charge in [-0.05, 0) is 38.5 Å². The van der Waals surface area contributed by atoms with Crippen LogP contribution in [0.5, 0.6) is 0 Å². The molecule has 1 aromatic carbocycles. The highest BCUT2D eigenvalue weighted by Gasteiger charge is 2.19. The van der Waals surface area contributed by atoms with Crippen LogP contribution in [-0.4, -0.2) is 62.8 Å². The molecule has 1 saturated heterocycles. The van der Waals surface area contributed by atoms with Gasteiger partial charge in [0.25, 0.3) is 0 Å². The first-order valence-corrected chi connectivity index (χ1v) is 9.03. The molecule has 0 radical (unpaired) electrons. The number of nitrogens with zero attached hydrogens (tertiary/aromatic N) is 2. The molecule has 1 aliphatic rings. The van der Waals surface area contributed by atoms with E-state index in [1.165, 1.54) is 0 Å². The smallest absolute Gasteiger partial charge is 0.234 e. The summed E-state index contributed by atoms with van der Waals surface area (Å²) in [5.74, 6) is 0.0933. The number of hydrogen-bond acceptors (Lipinski definition) is 4. The van der Waals surface area contributed by atoms with Gasteiger partial charge in [0.2, 0.25) is 5.91 Å². The average Bonchev–Trinajstić information content (AvgIpc) is 2.55. The zero-order valence-electron chi connectivity index (χ0n) is 14.6. The van der Waals surface area contributed by atoms with Crippen molar-refractivity contribution < 1.29 is 9.53 Å². The summed E-state index contributed by atoms with van der Waals surface area (Å²) in [6.07, 6.45) is 1.10. The molecular formula is C18H28ClN3O2. The van der Waals surface area contributed by atoms with Gasteiger partial charge in [0.15, 0.2) is 0 Å². The van der Waals surface area contributed by atoms with Crippen LogP contribution in [0.15, 0.2) is 24.3 Å². The number of benzene rings is 1. The Hall–Kier alpha value is -1.30. The Morgan fingerprint density at radius 3 is 2.71 bits per heavy atom. The second-order valence-electron chi connectivity index (χ2n) is 6.37. The van der Waals surface area contributed by atoms with Crippen LogP contribution in [0.3, 0.4) is 0 Å². The third-order valence-electron chi connectivity index (χ3n) is 4.01. The Morgan fingerprint density at radius 2 is 2.04 bits per heavy atom. The molecule has 1 N–H and O–H groups in total. The topological polar surface area (TPSA) is 44.8 Å². The van der Waals surface area contributed by atoms with Gasteiger partial charge in [-0.1, -0.05) is 17.7 Å². The minimum Gasteiger partial charge on any atom is -0.379 e. The van der Waals surface area contributed by atoms with Crippen LogP contribution >= 0.6 is 11.6 Å². The van der Waals surface area contributed by atoms with Crippen molar-refractivity contribution in [1.82, 2.24) is 10.2 Å². The fourth-order valence-corrected chi connectivity index (χ4v) is 2.90. The van der Waals surface area contributed by atoms with Crippen LogP contribution in [0.2, 0.25) is 5.02 Å². The molecule has 24 heavy (non-hydrogen) atoms. The predicted molar refractivity (Wildman–Crippen MR) is 98.8 cm³/mol. The number of anilines is 1. The maximum absolute atomic E-state index is 12.0. The molecule has 1 fully saturated rings. The zero-order valence-corrected chi connectivity index (χ0v) is 15.4. The van der Waals surface area contributed by atoms with Crippen molar-refractivity contribution in [1.29, 1.82) is 0 Å². The first-order valence-electron chi connectivity index (χ1n) is 8.66. The van der Waals surface area contributed by atoms with Crippen LogP contribution in [0.4, 0.5) is 5.69 Å². The van der Waals surface area contributed by atoms with Gasteiger partial charge in [0.05, 0.1) is 12.6 Å². The lowest BCUT2D eigenvalue weighted by atomic mass is 10.2. The molecule has 1 amide bonds. The Balaban J connectivity index is 1.63. The minimum atomic E-state index is 0.0933. The van der Waals surface area contributed by atoms with Gasteiger partial charge < -0.3 is 15.0 Å². The second kappa shape index (κ2) is 9.87. The molecule has 6 heteroatoms. The van der Waals surface area contributed by atoms with Crippen LogP contribution in [0, 0.1) is 0 Å². The minimum absolute atomic E-state index is 0.0933. The van der Waals surface area contributed by atoms with E-state index in [1.807, 2.05) is 32.0 Å². The number of ether oxygens (including phenoxy) is 1. The average molecular weight is 354 g/mol. The second-order valence-corrected chi connectivity index (χ2v) is 6.80. The third kappa shape index (κ3) is 6.67. The third-order valence-corrected chi connectivity index (χ3v) is 4.24.